The molecular formula is C15H30N2O2. The van der Waals surface area contributed by atoms with Gasteiger partial charge in [-0.05, 0) is 58.0 Å². The fraction of sp³-hybridized carbons (Fsp3) is 1.00. The van der Waals surface area contributed by atoms with Gasteiger partial charge < -0.3 is 20.1 Å². The van der Waals surface area contributed by atoms with E-state index in [1.807, 2.05) is 0 Å². The number of ether oxygens (including phenoxy) is 1. The first kappa shape index (κ1) is 15.2. The van der Waals surface area contributed by atoms with Crippen molar-refractivity contribution in [1.82, 2.24) is 10.2 Å². The summed E-state index contributed by atoms with van der Waals surface area (Å²) in [4.78, 5) is 2.54. The largest absolute Gasteiger partial charge is 0.394 e. The van der Waals surface area contributed by atoms with Crippen LogP contribution in [-0.2, 0) is 4.74 Å². The van der Waals surface area contributed by atoms with Gasteiger partial charge in [0, 0.05) is 25.2 Å². The Morgan fingerprint density at radius 3 is 2.79 bits per heavy atom. The third kappa shape index (κ3) is 5.03. The van der Waals surface area contributed by atoms with Gasteiger partial charge in [-0.15, -0.1) is 0 Å². The molecule has 0 aromatic heterocycles. The maximum absolute atomic E-state index is 9.57. The van der Waals surface area contributed by atoms with Gasteiger partial charge in [-0.2, -0.15) is 0 Å². The summed E-state index contributed by atoms with van der Waals surface area (Å²) in [6, 6.07) is 0.662. The van der Waals surface area contributed by atoms with Crippen molar-refractivity contribution in [2.45, 2.75) is 50.6 Å². The fourth-order valence-electron chi connectivity index (χ4n) is 3.10. The number of aliphatic hydroxyl groups excluding tert-OH is 1. The molecule has 2 fully saturated rings. The van der Waals surface area contributed by atoms with Gasteiger partial charge in [-0.1, -0.05) is 0 Å². The summed E-state index contributed by atoms with van der Waals surface area (Å²) in [5, 5.41) is 13.2. The SMILES string of the molecule is COCC1CCN(CCCC(C)(CO)NC2CC2)C1. The topological polar surface area (TPSA) is 44.7 Å². The molecule has 2 unspecified atom stereocenters. The van der Waals surface area contributed by atoms with Gasteiger partial charge >= 0.3 is 0 Å². The molecule has 4 nitrogen and oxygen atoms in total. The summed E-state index contributed by atoms with van der Waals surface area (Å²) in [6.45, 7) is 6.84. The van der Waals surface area contributed by atoms with E-state index in [9.17, 15) is 5.11 Å². The number of methoxy groups -OCH3 is 1. The lowest BCUT2D eigenvalue weighted by Gasteiger charge is -2.30. The van der Waals surface area contributed by atoms with Gasteiger partial charge in [0.25, 0.3) is 0 Å². The molecule has 0 amide bonds. The highest BCUT2D eigenvalue weighted by molar-refractivity contribution is 4.92. The summed E-state index contributed by atoms with van der Waals surface area (Å²) in [6.07, 6.45) is 6.05. The molecule has 0 radical (unpaired) electrons. The minimum atomic E-state index is -0.0766. The van der Waals surface area contributed by atoms with Crippen LogP contribution >= 0.6 is 0 Å². The number of rotatable bonds is 9. The lowest BCUT2D eigenvalue weighted by Crippen LogP contribution is -2.47. The van der Waals surface area contributed by atoms with Crippen LogP contribution < -0.4 is 5.32 Å². The number of hydrogen-bond donors (Lipinski definition) is 2. The third-order valence-electron chi connectivity index (χ3n) is 4.45. The second-order valence-electron chi connectivity index (χ2n) is 6.65. The lowest BCUT2D eigenvalue weighted by molar-refractivity contribution is 0.147. The molecule has 2 N–H and O–H groups in total. The van der Waals surface area contributed by atoms with Gasteiger partial charge in [-0.3, -0.25) is 0 Å². The zero-order valence-electron chi connectivity index (χ0n) is 12.5. The first-order chi connectivity index (χ1) is 9.15. The van der Waals surface area contributed by atoms with Crippen LogP contribution in [0.15, 0.2) is 0 Å². The Bertz CT molecular complexity index is 271. The van der Waals surface area contributed by atoms with Crippen molar-refractivity contribution < 1.29 is 9.84 Å². The smallest absolute Gasteiger partial charge is 0.0610 e. The van der Waals surface area contributed by atoms with Crippen molar-refractivity contribution in [3.63, 3.8) is 0 Å². The lowest BCUT2D eigenvalue weighted by atomic mass is 9.96. The Morgan fingerprint density at radius 2 is 2.16 bits per heavy atom. The number of nitrogens with one attached hydrogen (secondary N) is 1. The molecule has 1 aliphatic carbocycles. The summed E-state index contributed by atoms with van der Waals surface area (Å²) in [5.74, 6) is 0.721. The summed E-state index contributed by atoms with van der Waals surface area (Å²) in [7, 11) is 1.79. The third-order valence-corrected chi connectivity index (χ3v) is 4.45. The number of likely N-dealkylation sites (tertiary alicyclic amines) is 1. The Balaban J connectivity index is 1.62. The average molecular weight is 270 g/mol. The average Bonchev–Trinajstić information content (AvgIpc) is 3.08. The Labute approximate surface area is 117 Å². The molecule has 1 heterocycles. The molecule has 0 bridgehead atoms. The van der Waals surface area contributed by atoms with Crippen molar-refractivity contribution >= 4 is 0 Å². The molecular weight excluding hydrogens is 240 g/mol. The van der Waals surface area contributed by atoms with Crippen LogP contribution in [0.3, 0.4) is 0 Å². The zero-order chi connectivity index (χ0) is 13.7. The first-order valence-corrected chi connectivity index (χ1v) is 7.75. The van der Waals surface area contributed by atoms with Gasteiger partial charge in [-0.25, -0.2) is 0 Å². The van der Waals surface area contributed by atoms with E-state index in [2.05, 4.69) is 17.1 Å². The molecule has 1 saturated carbocycles. The molecule has 2 rings (SSSR count). The molecule has 112 valence electrons. The maximum Gasteiger partial charge on any atom is 0.0610 e. The number of hydrogen-bond acceptors (Lipinski definition) is 4. The standard InChI is InChI=1S/C15H30N2O2/c1-15(12-18,16-14-4-5-14)7-3-8-17-9-6-13(10-17)11-19-2/h13-14,16,18H,3-12H2,1-2H3. The summed E-state index contributed by atoms with van der Waals surface area (Å²) in [5.41, 5.74) is -0.0766. The van der Waals surface area contributed by atoms with Gasteiger partial charge in [0.2, 0.25) is 0 Å². The first-order valence-electron chi connectivity index (χ1n) is 7.75. The molecule has 4 heteroatoms. The normalized spacial score (nSPS) is 27.6. The zero-order valence-corrected chi connectivity index (χ0v) is 12.5. The van der Waals surface area contributed by atoms with Crippen LogP contribution in [-0.4, -0.2) is 61.5 Å². The second-order valence-corrected chi connectivity index (χ2v) is 6.65. The molecule has 1 aliphatic heterocycles. The molecule has 0 spiro atoms. The quantitative estimate of drug-likeness (QED) is 0.662. The van der Waals surface area contributed by atoms with E-state index < -0.39 is 0 Å². The van der Waals surface area contributed by atoms with E-state index in [1.165, 1.54) is 32.4 Å². The minimum absolute atomic E-state index is 0.0766. The molecule has 0 aromatic rings. The highest BCUT2D eigenvalue weighted by Gasteiger charge is 2.32. The van der Waals surface area contributed by atoms with Crippen LogP contribution in [0.25, 0.3) is 0 Å². The van der Waals surface area contributed by atoms with Crippen LogP contribution in [0.1, 0.15) is 39.0 Å². The van der Waals surface area contributed by atoms with Gasteiger partial charge in [0.05, 0.1) is 13.2 Å². The van der Waals surface area contributed by atoms with E-state index in [0.717, 1.165) is 31.9 Å². The van der Waals surface area contributed by atoms with Crippen molar-refractivity contribution in [2.24, 2.45) is 5.92 Å². The van der Waals surface area contributed by atoms with Crippen molar-refractivity contribution in [1.29, 1.82) is 0 Å². The molecule has 2 aliphatic rings. The van der Waals surface area contributed by atoms with Crippen LogP contribution in [0, 0.1) is 5.92 Å². The van der Waals surface area contributed by atoms with Crippen molar-refractivity contribution in [2.75, 3.05) is 40.0 Å². The monoisotopic (exact) mass is 270 g/mol. The fourth-order valence-corrected chi connectivity index (χ4v) is 3.10. The number of nitrogens with zero attached hydrogens (tertiary/aromatic N) is 1. The predicted molar refractivity (Wildman–Crippen MR) is 77.3 cm³/mol. The van der Waals surface area contributed by atoms with Crippen molar-refractivity contribution in [3.8, 4) is 0 Å². The molecule has 19 heavy (non-hydrogen) atoms. The molecule has 0 aromatic carbocycles. The Morgan fingerprint density at radius 1 is 1.37 bits per heavy atom. The van der Waals surface area contributed by atoms with E-state index >= 15 is 0 Å². The predicted octanol–water partition coefficient (Wildman–Crippen LogP) is 1.24. The maximum atomic E-state index is 9.57. The van der Waals surface area contributed by atoms with E-state index in [4.69, 9.17) is 4.74 Å². The van der Waals surface area contributed by atoms with Gasteiger partial charge in [0.1, 0.15) is 0 Å². The van der Waals surface area contributed by atoms with E-state index in [0.29, 0.717) is 6.04 Å². The highest BCUT2D eigenvalue weighted by Crippen LogP contribution is 2.25. The van der Waals surface area contributed by atoms with Gasteiger partial charge in [0.15, 0.2) is 0 Å². The Hall–Kier alpha value is -0.160. The minimum Gasteiger partial charge on any atom is -0.394 e. The molecule has 1 saturated heterocycles. The Kier molecular flexibility index (Phi) is 5.63. The van der Waals surface area contributed by atoms with Crippen LogP contribution in [0.5, 0.6) is 0 Å². The summed E-state index contributed by atoms with van der Waals surface area (Å²) >= 11 is 0. The van der Waals surface area contributed by atoms with Crippen molar-refractivity contribution in [3.05, 3.63) is 0 Å². The second kappa shape index (κ2) is 7.02. The molecule has 2 atom stereocenters. The number of aliphatic hydroxyl groups is 1. The summed E-state index contributed by atoms with van der Waals surface area (Å²) < 4.78 is 5.23. The van der Waals surface area contributed by atoms with Crippen LogP contribution in [0.2, 0.25) is 0 Å². The van der Waals surface area contributed by atoms with Crippen LogP contribution in [0.4, 0.5) is 0 Å². The highest BCUT2D eigenvalue weighted by atomic mass is 16.5. The van der Waals surface area contributed by atoms with E-state index in [1.54, 1.807) is 7.11 Å². The van der Waals surface area contributed by atoms with E-state index in [-0.39, 0.29) is 12.1 Å².